The van der Waals surface area contributed by atoms with Gasteiger partial charge in [-0.3, -0.25) is 9.38 Å². The van der Waals surface area contributed by atoms with Crippen LogP contribution in [0.5, 0.6) is 0 Å². The monoisotopic (exact) mass is 384 g/mol. The molecule has 8 nitrogen and oxygen atoms in total. The van der Waals surface area contributed by atoms with Crippen LogP contribution < -0.4 is 10.6 Å². The lowest BCUT2D eigenvalue weighted by Crippen LogP contribution is -2.42. The lowest BCUT2D eigenvalue weighted by atomic mass is 9.93. The number of ether oxygens (including phenoxy) is 1. The summed E-state index contributed by atoms with van der Waals surface area (Å²) >= 11 is 0. The van der Waals surface area contributed by atoms with Gasteiger partial charge in [0.05, 0.1) is 24.1 Å². The molecule has 0 saturated heterocycles. The number of carbonyl (C=O) groups is 1. The summed E-state index contributed by atoms with van der Waals surface area (Å²) in [5.41, 5.74) is 2.46. The van der Waals surface area contributed by atoms with E-state index in [1.54, 1.807) is 6.20 Å². The van der Waals surface area contributed by atoms with Crippen molar-refractivity contribution in [2.45, 2.75) is 71.1 Å². The molecule has 4 rings (SSSR count). The van der Waals surface area contributed by atoms with Crippen LogP contribution in [0.4, 0.5) is 4.79 Å². The molecule has 1 fully saturated rings. The van der Waals surface area contributed by atoms with Crippen LogP contribution in [0.1, 0.15) is 70.1 Å². The third-order valence-corrected chi connectivity index (χ3v) is 5.47. The fourth-order valence-electron chi connectivity index (χ4n) is 4.24. The fourth-order valence-corrected chi connectivity index (χ4v) is 4.24. The minimum Gasteiger partial charge on any atom is -0.446 e. The Hall–Kier alpha value is -2.64. The van der Waals surface area contributed by atoms with Crippen LogP contribution in [0, 0.1) is 5.92 Å². The molecule has 2 aromatic rings. The Morgan fingerprint density at radius 1 is 1.36 bits per heavy atom. The molecule has 1 amide bonds. The lowest BCUT2D eigenvalue weighted by Gasteiger charge is -2.22. The molecule has 2 aliphatic rings. The first-order valence-corrected chi connectivity index (χ1v) is 9.97. The van der Waals surface area contributed by atoms with Gasteiger partial charge >= 0.3 is 6.09 Å². The van der Waals surface area contributed by atoms with E-state index in [2.05, 4.69) is 37.1 Å². The number of fused-ring (bicyclic) bond motifs is 3. The highest BCUT2D eigenvalue weighted by Crippen LogP contribution is 2.42. The van der Waals surface area contributed by atoms with Gasteiger partial charge in [0.15, 0.2) is 5.65 Å². The van der Waals surface area contributed by atoms with Gasteiger partial charge in [-0.2, -0.15) is 0 Å². The number of nitrogens with one attached hydrogen (secondary N) is 2. The number of nitrogens with zero attached hydrogens (tertiary/aromatic N) is 4. The molecule has 150 valence electrons. The molecule has 0 aromatic carbocycles. The number of hydrogen-bond donors (Lipinski definition) is 2. The van der Waals surface area contributed by atoms with E-state index in [-0.39, 0.29) is 23.7 Å². The summed E-state index contributed by atoms with van der Waals surface area (Å²) in [5.74, 6) is 1.53. The molecule has 0 spiro atoms. The van der Waals surface area contributed by atoms with Crippen molar-refractivity contribution < 1.29 is 9.53 Å². The summed E-state index contributed by atoms with van der Waals surface area (Å²) < 4.78 is 7.84. The summed E-state index contributed by atoms with van der Waals surface area (Å²) in [6.07, 6.45) is 7.87. The molecule has 0 radical (unpaired) electrons. The summed E-state index contributed by atoms with van der Waals surface area (Å²) in [5, 5.41) is 14.9. The minimum absolute atomic E-state index is 0.112. The first kappa shape index (κ1) is 18.7. The van der Waals surface area contributed by atoms with Gasteiger partial charge in [0, 0.05) is 11.5 Å². The number of carbonyl (C=O) groups excluding carboxylic acids is 1. The normalized spacial score (nSPS) is 24.1. The van der Waals surface area contributed by atoms with Crippen molar-refractivity contribution >= 4 is 17.8 Å². The maximum absolute atomic E-state index is 12.2. The van der Waals surface area contributed by atoms with Crippen molar-refractivity contribution in [3.8, 4) is 0 Å². The van der Waals surface area contributed by atoms with Gasteiger partial charge in [-0.05, 0) is 51.8 Å². The molecule has 1 aliphatic heterocycles. The summed E-state index contributed by atoms with van der Waals surface area (Å²) in [6, 6.07) is 0. The highest BCUT2D eigenvalue weighted by atomic mass is 16.6. The van der Waals surface area contributed by atoms with E-state index in [0.29, 0.717) is 12.5 Å². The van der Waals surface area contributed by atoms with Gasteiger partial charge in [-0.15, -0.1) is 10.2 Å². The first-order valence-electron chi connectivity index (χ1n) is 9.97. The van der Waals surface area contributed by atoms with Crippen LogP contribution in [0.2, 0.25) is 0 Å². The van der Waals surface area contributed by atoms with Crippen molar-refractivity contribution in [3.63, 3.8) is 0 Å². The fraction of sp³-hybridized carbons (Fsp3) is 0.600. The van der Waals surface area contributed by atoms with Crippen molar-refractivity contribution in [2.24, 2.45) is 5.92 Å². The Kier molecular flexibility index (Phi) is 4.72. The molecule has 28 heavy (non-hydrogen) atoms. The minimum atomic E-state index is -0.352. The standard InChI is InChI=1S/C20H28N6O2/c1-5-12-8-13(28-19(27)23-20(2,3)4)9-14(12)18-25-24-17-11-22-15-10-21-7-6-16(15)26(17)18/h6-7,11-14,21H,5,8-10H2,1-4H3,(H,23,27)/t12-,13+,14?/m1/s1. The van der Waals surface area contributed by atoms with Crippen LogP contribution >= 0.6 is 0 Å². The number of aromatic nitrogens is 4. The third-order valence-electron chi connectivity index (χ3n) is 5.47. The number of alkyl carbamates (subject to hydrolysis) is 1. The van der Waals surface area contributed by atoms with Crippen LogP contribution in [-0.2, 0) is 11.3 Å². The maximum atomic E-state index is 12.2. The quantitative estimate of drug-likeness (QED) is 0.845. The van der Waals surface area contributed by atoms with Gasteiger partial charge in [0.25, 0.3) is 0 Å². The number of amides is 1. The van der Waals surface area contributed by atoms with Crippen LogP contribution in [0.15, 0.2) is 12.4 Å². The Morgan fingerprint density at radius 3 is 2.93 bits per heavy atom. The van der Waals surface area contributed by atoms with Crippen LogP contribution in [0.3, 0.4) is 0 Å². The van der Waals surface area contributed by atoms with E-state index in [4.69, 9.17) is 4.74 Å². The average Bonchev–Trinajstić information content (AvgIpc) is 3.23. The molecular formula is C20H28N6O2. The summed E-state index contributed by atoms with van der Waals surface area (Å²) in [7, 11) is 0. The molecule has 3 heterocycles. The van der Waals surface area contributed by atoms with Gasteiger partial charge in [-0.25, -0.2) is 4.79 Å². The largest absolute Gasteiger partial charge is 0.446 e. The van der Waals surface area contributed by atoms with Gasteiger partial charge in [0.2, 0.25) is 0 Å². The van der Waals surface area contributed by atoms with Gasteiger partial charge in [0.1, 0.15) is 11.9 Å². The molecule has 0 bridgehead atoms. The smallest absolute Gasteiger partial charge is 0.407 e. The van der Waals surface area contributed by atoms with Crippen LogP contribution in [-0.4, -0.2) is 37.3 Å². The molecular weight excluding hydrogens is 356 g/mol. The zero-order valence-electron chi connectivity index (χ0n) is 16.9. The zero-order valence-corrected chi connectivity index (χ0v) is 16.9. The summed E-state index contributed by atoms with van der Waals surface area (Å²) in [4.78, 5) is 16.7. The van der Waals surface area contributed by atoms with Crippen LogP contribution in [0.25, 0.3) is 11.7 Å². The highest BCUT2D eigenvalue weighted by Gasteiger charge is 2.39. The van der Waals surface area contributed by atoms with Crippen molar-refractivity contribution in [3.05, 3.63) is 29.6 Å². The molecule has 2 aromatic heterocycles. The molecule has 1 saturated carbocycles. The van der Waals surface area contributed by atoms with Crippen molar-refractivity contribution in [2.75, 3.05) is 0 Å². The maximum Gasteiger partial charge on any atom is 0.407 e. The SMILES string of the molecule is CC[C@@H]1C[C@H](OC(=O)NC(C)(C)C)CC1c1nnc2cnc3c(n12)C=CNC3. The Balaban J connectivity index is 1.60. The van der Waals surface area contributed by atoms with E-state index < -0.39 is 0 Å². The highest BCUT2D eigenvalue weighted by molar-refractivity contribution is 5.68. The average molecular weight is 384 g/mol. The third kappa shape index (κ3) is 3.55. The molecule has 1 aliphatic carbocycles. The molecule has 2 N–H and O–H groups in total. The first-order chi connectivity index (χ1) is 13.4. The molecule has 3 atom stereocenters. The number of hydrogen-bond acceptors (Lipinski definition) is 6. The predicted octanol–water partition coefficient (Wildman–Crippen LogP) is 3.00. The Bertz CT molecular complexity index is 913. The van der Waals surface area contributed by atoms with E-state index >= 15 is 0 Å². The van der Waals surface area contributed by atoms with E-state index in [1.807, 2.05) is 33.0 Å². The van der Waals surface area contributed by atoms with E-state index in [0.717, 1.165) is 42.1 Å². The Morgan fingerprint density at radius 2 is 2.18 bits per heavy atom. The molecule has 1 unspecified atom stereocenters. The second-order valence-electron chi connectivity index (χ2n) is 8.70. The molecule has 8 heteroatoms. The van der Waals surface area contributed by atoms with Crippen molar-refractivity contribution in [1.82, 2.24) is 30.2 Å². The van der Waals surface area contributed by atoms with Gasteiger partial charge < -0.3 is 15.4 Å². The van der Waals surface area contributed by atoms with E-state index in [9.17, 15) is 4.79 Å². The lowest BCUT2D eigenvalue weighted by molar-refractivity contribution is 0.0918. The van der Waals surface area contributed by atoms with Crippen molar-refractivity contribution in [1.29, 1.82) is 0 Å². The van der Waals surface area contributed by atoms with Gasteiger partial charge in [-0.1, -0.05) is 13.3 Å². The second-order valence-corrected chi connectivity index (χ2v) is 8.70. The second kappa shape index (κ2) is 7.07. The number of rotatable bonds is 3. The topological polar surface area (TPSA) is 93.4 Å². The summed E-state index contributed by atoms with van der Waals surface area (Å²) in [6.45, 7) is 8.71. The zero-order chi connectivity index (χ0) is 19.9. The van der Waals surface area contributed by atoms with E-state index in [1.165, 1.54) is 0 Å². The predicted molar refractivity (Wildman–Crippen MR) is 106 cm³/mol. The Labute approximate surface area is 164 Å².